The second-order valence-electron chi connectivity index (χ2n) is 5.70. The van der Waals surface area contributed by atoms with Crippen molar-refractivity contribution in [3.63, 3.8) is 0 Å². The fourth-order valence-electron chi connectivity index (χ4n) is 3.00. The molecule has 1 aromatic heterocycles. The normalized spacial score (nSPS) is 10.3. The molecular formula is C22H17IrN2-. The van der Waals surface area contributed by atoms with Gasteiger partial charge in [0.05, 0.1) is 0 Å². The number of nitrogens with zero attached hydrogens (tertiary/aromatic N) is 2. The van der Waals surface area contributed by atoms with Gasteiger partial charge in [0.25, 0.3) is 0 Å². The molecule has 3 heteroatoms. The van der Waals surface area contributed by atoms with E-state index in [-0.39, 0.29) is 20.1 Å². The molecule has 0 spiro atoms. The first-order valence-corrected chi connectivity index (χ1v) is 8.02. The maximum atomic E-state index is 4.91. The van der Waals surface area contributed by atoms with E-state index in [9.17, 15) is 0 Å². The molecule has 2 nitrogen and oxygen atoms in total. The van der Waals surface area contributed by atoms with E-state index < -0.39 is 0 Å². The van der Waals surface area contributed by atoms with Gasteiger partial charge in [-0.3, -0.25) is 4.68 Å². The van der Waals surface area contributed by atoms with Crippen molar-refractivity contribution in [1.82, 2.24) is 9.78 Å². The topological polar surface area (TPSA) is 17.8 Å². The van der Waals surface area contributed by atoms with Gasteiger partial charge in [-0.25, -0.2) is 0 Å². The zero-order chi connectivity index (χ0) is 16.4. The van der Waals surface area contributed by atoms with Gasteiger partial charge < -0.3 is 0 Å². The van der Waals surface area contributed by atoms with Crippen molar-refractivity contribution < 1.29 is 20.1 Å². The van der Waals surface area contributed by atoms with Gasteiger partial charge in [0.1, 0.15) is 5.69 Å². The number of aromatic nitrogens is 2. The van der Waals surface area contributed by atoms with Crippen LogP contribution in [0.5, 0.6) is 0 Å². The predicted molar refractivity (Wildman–Crippen MR) is 98.0 cm³/mol. The summed E-state index contributed by atoms with van der Waals surface area (Å²) < 4.78 is 1.98. The fraction of sp³-hybridized carbons (Fsp3) is 0.0455. The van der Waals surface area contributed by atoms with Crippen LogP contribution in [0, 0.1) is 13.0 Å². The summed E-state index contributed by atoms with van der Waals surface area (Å²) in [6, 6.07) is 32.0. The number of benzene rings is 3. The molecule has 4 aromatic rings. The molecule has 0 saturated carbocycles. The predicted octanol–water partition coefficient (Wildman–Crippen LogP) is 5.31. The summed E-state index contributed by atoms with van der Waals surface area (Å²) in [6.07, 6.45) is 0. The Bertz CT molecular complexity index is 946. The van der Waals surface area contributed by atoms with Crippen LogP contribution in [0.3, 0.4) is 0 Å². The summed E-state index contributed by atoms with van der Waals surface area (Å²) >= 11 is 0. The zero-order valence-electron chi connectivity index (χ0n) is 13.8. The van der Waals surface area contributed by atoms with Crippen LogP contribution >= 0.6 is 0 Å². The molecule has 1 radical (unpaired) electrons. The van der Waals surface area contributed by atoms with Gasteiger partial charge in [-0.2, -0.15) is 29.4 Å². The van der Waals surface area contributed by atoms with E-state index in [0.717, 1.165) is 22.6 Å². The molecule has 4 rings (SSSR count). The van der Waals surface area contributed by atoms with Gasteiger partial charge in [0.15, 0.2) is 0 Å². The van der Waals surface area contributed by atoms with Crippen molar-refractivity contribution in [2.24, 2.45) is 0 Å². The molecule has 0 aliphatic rings. The number of para-hydroxylation sites is 1. The first-order chi connectivity index (χ1) is 11.8. The van der Waals surface area contributed by atoms with E-state index in [1.807, 2.05) is 53.2 Å². The van der Waals surface area contributed by atoms with Crippen LogP contribution in [0.4, 0.5) is 0 Å². The molecule has 0 atom stereocenters. The van der Waals surface area contributed by atoms with Gasteiger partial charge in [-0.05, 0) is 18.2 Å². The van der Waals surface area contributed by atoms with E-state index in [1.54, 1.807) is 0 Å². The molecule has 0 bridgehead atoms. The first kappa shape index (κ1) is 17.3. The Morgan fingerprint density at radius 2 is 1.36 bits per heavy atom. The molecule has 0 N–H and O–H groups in total. The van der Waals surface area contributed by atoms with Crippen LogP contribution in [-0.2, 0) is 20.1 Å². The minimum atomic E-state index is 0. The maximum Gasteiger partial charge on any atom is 0.101 e. The van der Waals surface area contributed by atoms with Crippen LogP contribution in [0.25, 0.3) is 28.1 Å². The summed E-state index contributed by atoms with van der Waals surface area (Å²) in [4.78, 5) is 0. The number of rotatable bonds is 3. The molecule has 0 unspecified atom stereocenters. The molecule has 0 saturated heterocycles. The number of hydrogen-bond acceptors (Lipinski definition) is 1. The van der Waals surface area contributed by atoms with Crippen LogP contribution in [0.2, 0.25) is 0 Å². The van der Waals surface area contributed by atoms with Gasteiger partial charge in [-0.1, -0.05) is 60.7 Å². The van der Waals surface area contributed by atoms with E-state index in [2.05, 4.69) is 49.4 Å². The second-order valence-corrected chi connectivity index (χ2v) is 5.70. The molecule has 1 heterocycles. The molecule has 25 heavy (non-hydrogen) atoms. The Balaban J connectivity index is 0.00000182. The summed E-state index contributed by atoms with van der Waals surface area (Å²) in [5, 5.41) is 4.91. The Morgan fingerprint density at radius 1 is 0.760 bits per heavy atom. The van der Waals surface area contributed by atoms with Crippen molar-refractivity contribution in [2.45, 2.75) is 6.92 Å². The Labute approximate surface area is 161 Å². The molecule has 125 valence electrons. The van der Waals surface area contributed by atoms with E-state index in [0.29, 0.717) is 0 Å². The van der Waals surface area contributed by atoms with Gasteiger partial charge in [-0.15, -0.1) is 6.07 Å². The van der Waals surface area contributed by atoms with Gasteiger partial charge in [0.2, 0.25) is 0 Å². The Kier molecular flexibility index (Phi) is 5.28. The van der Waals surface area contributed by atoms with Crippen LogP contribution in [0.15, 0.2) is 84.9 Å². The summed E-state index contributed by atoms with van der Waals surface area (Å²) in [7, 11) is 0. The van der Waals surface area contributed by atoms with E-state index in [4.69, 9.17) is 5.10 Å². The third kappa shape index (κ3) is 3.34. The largest absolute Gasteiger partial charge is 0.262 e. The molecule has 0 aliphatic carbocycles. The van der Waals surface area contributed by atoms with Crippen LogP contribution < -0.4 is 0 Å². The third-order valence-electron chi connectivity index (χ3n) is 4.15. The number of hydrogen-bond donors (Lipinski definition) is 0. The van der Waals surface area contributed by atoms with E-state index >= 15 is 0 Å². The molecular weight excluding hydrogens is 484 g/mol. The zero-order valence-corrected chi connectivity index (χ0v) is 16.2. The fourth-order valence-corrected chi connectivity index (χ4v) is 3.00. The van der Waals surface area contributed by atoms with Crippen molar-refractivity contribution in [1.29, 1.82) is 0 Å². The summed E-state index contributed by atoms with van der Waals surface area (Å²) in [5.41, 5.74) is 6.53. The summed E-state index contributed by atoms with van der Waals surface area (Å²) in [5.74, 6) is 0. The van der Waals surface area contributed by atoms with Crippen molar-refractivity contribution >= 4 is 0 Å². The first-order valence-electron chi connectivity index (χ1n) is 8.02. The van der Waals surface area contributed by atoms with Crippen molar-refractivity contribution in [3.8, 4) is 28.1 Å². The van der Waals surface area contributed by atoms with Crippen molar-refractivity contribution in [3.05, 3.63) is 96.7 Å². The SMILES string of the molecule is Cc1c(-c2ccccc2)c(-c2ccccc2)nn1-c1[c-]cccc1.[Ir]. The standard InChI is InChI=1S/C22H17N2.Ir/c1-17-21(18-11-5-2-6-12-18)22(19-13-7-3-8-14-19)23-24(17)20-15-9-4-10-16-20;/h2-15H,1H3;/q-1;. The quantitative estimate of drug-likeness (QED) is 0.348. The van der Waals surface area contributed by atoms with Gasteiger partial charge >= 0.3 is 0 Å². The molecule has 0 aliphatic heterocycles. The Hall–Kier alpha value is -2.48. The second kappa shape index (κ2) is 7.60. The van der Waals surface area contributed by atoms with E-state index in [1.165, 1.54) is 11.1 Å². The average molecular weight is 502 g/mol. The minimum absolute atomic E-state index is 0. The average Bonchev–Trinajstić information content (AvgIpc) is 3.01. The van der Waals surface area contributed by atoms with Crippen LogP contribution in [0.1, 0.15) is 5.69 Å². The molecule has 3 aromatic carbocycles. The van der Waals surface area contributed by atoms with Crippen molar-refractivity contribution in [2.75, 3.05) is 0 Å². The Morgan fingerprint density at radius 3 is 1.96 bits per heavy atom. The minimum Gasteiger partial charge on any atom is -0.262 e. The van der Waals surface area contributed by atoms with Crippen LogP contribution in [-0.4, -0.2) is 9.78 Å². The molecule has 0 fully saturated rings. The third-order valence-corrected chi connectivity index (χ3v) is 4.15. The molecule has 0 amide bonds. The maximum absolute atomic E-state index is 4.91. The smallest absolute Gasteiger partial charge is 0.101 e. The monoisotopic (exact) mass is 502 g/mol. The summed E-state index contributed by atoms with van der Waals surface area (Å²) in [6.45, 7) is 2.11. The van der Waals surface area contributed by atoms with Gasteiger partial charge in [0, 0.05) is 36.9 Å².